The van der Waals surface area contributed by atoms with E-state index in [2.05, 4.69) is 33.8 Å². The van der Waals surface area contributed by atoms with E-state index in [1.165, 1.54) is 5.57 Å². The summed E-state index contributed by atoms with van der Waals surface area (Å²) in [6, 6.07) is 0. The van der Waals surface area contributed by atoms with Crippen molar-refractivity contribution in [3.63, 3.8) is 0 Å². The van der Waals surface area contributed by atoms with Gasteiger partial charge in [-0.25, -0.2) is 0 Å². The molecule has 4 aliphatic carbocycles. The summed E-state index contributed by atoms with van der Waals surface area (Å²) in [7, 11) is 0. The molecule has 6 fully saturated rings. The van der Waals surface area contributed by atoms with Gasteiger partial charge in [0, 0.05) is 6.61 Å². The molecule has 0 radical (unpaired) electrons. The predicted octanol–water partition coefficient (Wildman–Crippen LogP) is 1.12. The first kappa shape index (κ1) is 40.9. The van der Waals surface area contributed by atoms with Crippen LogP contribution < -0.4 is 0 Å². The van der Waals surface area contributed by atoms with Crippen LogP contribution in [0.5, 0.6) is 0 Å². The van der Waals surface area contributed by atoms with Gasteiger partial charge in [-0.2, -0.15) is 0 Å². The summed E-state index contributed by atoms with van der Waals surface area (Å²) in [6.07, 6.45) is -3.66. The maximum Gasteiger partial charge on any atom is 0.187 e. The van der Waals surface area contributed by atoms with E-state index in [4.69, 9.17) is 18.9 Å². The van der Waals surface area contributed by atoms with Crippen LogP contribution in [0.2, 0.25) is 0 Å². The second kappa shape index (κ2) is 16.0. The zero-order valence-electron chi connectivity index (χ0n) is 31.4. The lowest BCUT2D eigenvalue weighted by Crippen LogP contribution is -2.65. The summed E-state index contributed by atoms with van der Waals surface area (Å²) in [6.45, 7) is 7.92. The van der Waals surface area contributed by atoms with Crippen molar-refractivity contribution in [1.29, 1.82) is 0 Å². The summed E-state index contributed by atoms with van der Waals surface area (Å²) >= 11 is 0. The van der Waals surface area contributed by atoms with Gasteiger partial charge >= 0.3 is 0 Å². The number of rotatable bonds is 11. The molecule has 0 spiro atoms. The van der Waals surface area contributed by atoms with E-state index in [1.54, 1.807) is 0 Å². The molecule has 9 N–H and O–H groups in total. The van der Waals surface area contributed by atoms with Gasteiger partial charge in [0.15, 0.2) is 12.6 Å². The third-order valence-electron chi connectivity index (χ3n) is 15.3. The average molecular weight is 743 g/mol. The minimum absolute atomic E-state index is 0.0165. The Bertz CT molecular complexity index is 1230. The Hall–Kier alpha value is -0.780. The fraction of sp³-hybridized carbons (Fsp3) is 0.949. The summed E-state index contributed by atoms with van der Waals surface area (Å²) in [4.78, 5) is 0. The number of allylic oxidation sites excluding steroid dienone is 2. The Morgan fingerprint density at radius 2 is 1.40 bits per heavy atom. The molecule has 0 aromatic heterocycles. The van der Waals surface area contributed by atoms with Gasteiger partial charge in [0.1, 0.15) is 48.8 Å². The number of ether oxygens (including phenoxy) is 4. The van der Waals surface area contributed by atoms with E-state index in [0.29, 0.717) is 30.6 Å². The molecule has 4 saturated carbocycles. The minimum Gasteiger partial charge on any atom is -0.396 e. The van der Waals surface area contributed by atoms with Gasteiger partial charge in [-0.15, -0.1) is 0 Å². The lowest BCUT2D eigenvalue weighted by Gasteiger charge is -2.68. The van der Waals surface area contributed by atoms with Crippen LogP contribution in [-0.4, -0.2) is 139 Å². The van der Waals surface area contributed by atoms with Gasteiger partial charge in [-0.05, 0) is 124 Å². The Kier molecular flexibility index (Phi) is 12.6. The molecule has 2 heterocycles. The highest BCUT2D eigenvalue weighted by Gasteiger charge is 2.68. The molecule has 0 aromatic carbocycles. The Labute approximate surface area is 307 Å². The van der Waals surface area contributed by atoms with Crippen molar-refractivity contribution < 1.29 is 64.9 Å². The van der Waals surface area contributed by atoms with E-state index in [9.17, 15) is 46.0 Å². The maximum absolute atomic E-state index is 11.4. The van der Waals surface area contributed by atoms with Crippen LogP contribution in [0.3, 0.4) is 0 Å². The average Bonchev–Trinajstić information content (AvgIpc) is 3.49. The highest BCUT2D eigenvalue weighted by atomic mass is 16.8. The van der Waals surface area contributed by atoms with Crippen molar-refractivity contribution in [2.24, 2.45) is 39.9 Å². The Balaban J connectivity index is 1.16. The lowest BCUT2D eigenvalue weighted by atomic mass is 9.37. The topological polar surface area (TPSA) is 219 Å². The highest BCUT2D eigenvalue weighted by molar-refractivity contribution is 5.16. The number of hydrogen-bond donors (Lipinski definition) is 9. The Morgan fingerprint density at radius 3 is 2.06 bits per heavy atom. The maximum atomic E-state index is 11.4. The van der Waals surface area contributed by atoms with E-state index >= 15 is 0 Å². The van der Waals surface area contributed by atoms with Gasteiger partial charge in [0.05, 0.1) is 25.4 Å². The first-order chi connectivity index (χ1) is 24.6. The minimum atomic E-state index is -1.74. The summed E-state index contributed by atoms with van der Waals surface area (Å²) in [5, 5.41) is 95.3. The fourth-order valence-corrected chi connectivity index (χ4v) is 12.1. The van der Waals surface area contributed by atoms with Crippen LogP contribution in [0, 0.1) is 39.9 Å². The zero-order chi connectivity index (χ0) is 37.7. The molecule has 6 aliphatic rings. The van der Waals surface area contributed by atoms with Crippen molar-refractivity contribution in [1.82, 2.24) is 0 Å². The number of aliphatic hydroxyl groups is 9. The van der Waals surface area contributed by atoms with Crippen LogP contribution in [0.4, 0.5) is 0 Å². The molecule has 6 rings (SSSR count). The molecule has 300 valence electrons. The lowest BCUT2D eigenvalue weighted by molar-refractivity contribution is -0.373. The quantitative estimate of drug-likeness (QED) is 0.107. The van der Waals surface area contributed by atoms with Crippen molar-refractivity contribution in [2.75, 3.05) is 19.8 Å². The van der Waals surface area contributed by atoms with Gasteiger partial charge in [0.2, 0.25) is 0 Å². The van der Waals surface area contributed by atoms with Gasteiger partial charge < -0.3 is 64.9 Å². The number of hydrogen-bond acceptors (Lipinski definition) is 13. The molecular formula is C39H66O13. The van der Waals surface area contributed by atoms with E-state index in [-0.39, 0.29) is 41.0 Å². The van der Waals surface area contributed by atoms with Crippen LogP contribution in [-0.2, 0) is 18.9 Å². The largest absolute Gasteiger partial charge is 0.396 e. The molecule has 19 atom stereocenters. The molecule has 52 heavy (non-hydrogen) atoms. The first-order valence-corrected chi connectivity index (χ1v) is 19.8. The normalized spacial score (nSPS) is 51.2. The van der Waals surface area contributed by atoms with Crippen LogP contribution >= 0.6 is 0 Å². The van der Waals surface area contributed by atoms with E-state index in [0.717, 1.165) is 57.8 Å². The zero-order valence-corrected chi connectivity index (χ0v) is 31.4. The Morgan fingerprint density at radius 1 is 0.750 bits per heavy atom. The third kappa shape index (κ3) is 6.96. The van der Waals surface area contributed by atoms with Crippen LogP contribution in [0.25, 0.3) is 0 Å². The van der Waals surface area contributed by atoms with Gasteiger partial charge in [-0.3, -0.25) is 0 Å². The summed E-state index contributed by atoms with van der Waals surface area (Å²) in [5.74, 6) is 1.23. The third-order valence-corrected chi connectivity index (χ3v) is 15.3. The van der Waals surface area contributed by atoms with Crippen molar-refractivity contribution >= 4 is 0 Å². The molecule has 0 amide bonds. The predicted molar refractivity (Wildman–Crippen MR) is 187 cm³/mol. The summed E-state index contributed by atoms with van der Waals surface area (Å²) < 4.78 is 23.9. The van der Waals surface area contributed by atoms with Crippen molar-refractivity contribution in [3.8, 4) is 0 Å². The van der Waals surface area contributed by atoms with Crippen LogP contribution in [0.1, 0.15) is 98.3 Å². The standard InChI is InChI=1S/C39H66O13/c1-20(2)6-5-7-25(43)23-12-14-37(3)24(23)8-9-28-38(37,4)13-10-21-16-22(11-15-39(21,28)19-42)49-36-34(32(47)30(45)27(18-41)51-36)52-35-33(48)31(46)29(44)26(17-40)50-35/h6,21-36,40-48H,5,7-19H2,1-4H3. The van der Waals surface area contributed by atoms with Crippen LogP contribution in [0.15, 0.2) is 11.6 Å². The molecular weight excluding hydrogens is 676 g/mol. The fourth-order valence-electron chi connectivity index (χ4n) is 12.1. The monoisotopic (exact) mass is 742 g/mol. The second-order valence-corrected chi connectivity index (χ2v) is 17.9. The summed E-state index contributed by atoms with van der Waals surface area (Å²) in [5.41, 5.74) is 1.08. The first-order valence-electron chi connectivity index (χ1n) is 19.8. The number of aliphatic hydroxyl groups excluding tert-OH is 9. The smallest absolute Gasteiger partial charge is 0.187 e. The molecule has 13 heteroatoms. The highest BCUT2D eigenvalue weighted by Crippen LogP contribution is 2.74. The SMILES string of the molecule is CC(C)=CCCC(O)C1CCC2(C)C1CCC1C3(CO)CCC(OC4OC(CO)C(O)C(O)C4OC4OC(CO)C(O)C(O)C4O)CC3CCC12C. The van der Waals surface area contributed by atoms with Gasteiger partial charge in [0.25, 0.3) is 0 Å². The second-order valence-electron chi connectivity index (χ2n) is 17.9. The molecule has 2 saturated heterocycles. The molecule has 13 nitrogen and oxygen atoms in total. The van der Waals surface area contributed by atoms with E-state index < -0.39 is 74.6 Å². The molecule has 2 aliphatic heterocycles. The van der Waals surface area contributed by atoms with E-state index in [1.807, 2.05) is 0 Å². The molecule has 0 bridgehead atoms. The van der Waals surface area contributed by atoms with Gasteiger partial charge in [-0.1, -0.05) is 25.5 Å². The molecule has 0 aromatic rings. The van der Waals surface area contributed by atoms with Crippen molar-refractivity contribution in [3.05, 3.63) is 11.6 Å². The number of fused-ring (bicyclic) bond motifs is 5. The van der Waals surface area contributed by atoms with Crippen molar-refractivity contribution in [2.45, 2.75) is 172 Å². The molecule has 19 unspecified atom stereocenters.